The topological polar surface area (TPSA) is 76.9 Å². The second-order valence-electron chi connectivity index (χ2n) is 6.65. The maximum absolute atomic E-state index is 13.9. The van der Waals surface area contributed by atoms with Crippen molar-refractivity contribution in [2.24, 2.45) is 5.73 Å². The molecule has 0 radical (unpaired) electrons. The summed E-state index contributed by atoms with van der Waals surface area (Å²) < 4.78 is 48.4. The van der Waals surface area contributed by atoms with E-state index in [1.807, 2.05) is 13.0 Å². The first-order valence-electron chi connectivity index (χ1n) is 8.71. The lowest BCUT2D eigenvalue weighted by Gasteiger charge is -2.25. The highest BCUT2D eigenvalue weighted by Gasteiger charge is 2.46. The lowest BCUT2D eigenvalue weighted by molar-refractivity contribution is -0.142. The van der Waals surface area contributed by atoms with Gasteiger partial charge < -0.3 is 10.5 Å². The molecule has 0 aliphatic carbocycles. The number of nitrogens with zero attached hydrogens (tertiary/aromatic N) is 3. The molecule has 1 aliphatic heterocycles. The molecule has 146 valence electrons. The number of aromatic nitrogens is 2. The maximum atomic E-state index is 13.9. The average Bonchev–Trinajstić information content (AvgIpc) is 3.08. The van der Waals surface area contributed by atoms with Crippen LogP contribution < -0.4 is 10.5 Å². The summed E-state index contributed by atoms with van der Waals surface area (Å²) in [4.78, 5) is 0. The standard InChI is InChI=1S/C21H15F3N4O/c1-12-7-9-13(10-8-12)16-15(11-25)19(26)29-20-17(16)18(21(22,23)24)27-28(20)14-5-3-2-4-6-14/h2-10,16H,26H2,1H3. The van der Waals surface area contributed by atoms with Crippen LogP contribution in [0.2, 0.25) is 0 Å². The Morgan fingerprint density at radius 3 is 2.34 bits per heavy atom. The molecule has 0 spiro atoms. The number of alkyl halides is 3. The molecule has 0 fully saturated rings. The molecule has 0 saturated carbocycles. The number of ether oxygens (including phenoxy) is 1. The lowest BCUT2D eigenvalue weighted by Crippen LogP contribution is -2.23. The van der Waals surface area contributed by atoms with Gasteiger partial charge in [0.05, 0.1) is 17.2 Å². The van der Waals surface area contributed by atoms with Gasteiger partial charge in [0.15, 0.2) is 5.69 Å². The number of fused-ring (bicyclic) bond motifs is 1. The first kappa shape index (κ1) is 18.6. The van der Waals surface area contributed by atoms with Crippen LogP contribution in [-0.2, 0) is 6.18 Å². The van der Waals surface area contributed by atoms with Gasteiger partial charge in [-0.1, -0.05) is 48.0 Å². The highest BCUT2D eigenvalue weighted by Crippen LogP contribution is 2.48. The predicted molar refractivity (Wildman–Crippen MR) is 99.0 cm³/mol. The van der Waals surface area contributed by atoms with Gasteiger partial charge in [-0.05, 0) is 24.6 Å². The Morgan fingerprint density at radius 1 is 1.10 bits per heavy atom. The van der Waals surface area contributed by atoms with Crippen molar-refractivity contribution in [3.8, 4) is 17.6 Å². The first-order valence-corrected chi connectivity index (χ1v) is 8.71. The van der Waals surface area contributed by atoms with E-state index in [1.54, 1.807) is 54.6 Å². The molecule has 8 heteroatoms. The number of halogens is 3. The smallest absolute Gasteiger partial charge is 0.422 e. The van der Waals surface area contributed by atoms with Crippen molar-refractivity contribution in [2.45, 2.75) is 19.0 Å². The second-order valence-corrected chi connectivity index (χ2v) is 6.65. The summed E-state index contributed by atoms with van der Waals surface area (Å²) in [7, 11) is 0. The third-order valence-corrected chi connectivity index (χ3v) is 4.73. The Hall–Kier alpha value is -3.73. The van der Waals surface area contributed by atoms with Gasteiger partial charge in [0.1, 0.15) is 11.6 Å². The molecule has 0 saturated heterocycles. The third-order valence-electron chi connectivity index (χ3n) is 4.73. The van der Waals surface area contributed by atoms with E-state index in [2.05, 4.69) is 5.10 Å². The molecule has 1 aromatic heterocycles. The molecule has 0 amide bonds. The van der Waals surface area contributed by atoms with Crippen LogP contribution in [0.4, 0.5) is 13.2 Å². The highest BCUT2D eigenvalue weighted by molar-refractivity contribution is 5.58. The minimum atomic E-state index is -4.75. The largest absolute Gasteiger partial charge is 0.435 e. The molecular weight excluding hydrogens is 381 g/mol. The number of hydrogen-bond acceptors (Lipinski definition) is 4. The molecule has 1 unspecified atom stereocenters. The minimum absolute atomic E-state index is 0.0838. The zero-order valence-corrected chi connectivity index (χ0v) is 15.2. The van der Waals surface area contributed by atoms with Crippen LogP contribution in [-0.4, -0.2) is 9.78 Å². The molecule has 2 aromatic carbocycles. The SMILES string of the molecule is Cc1ccc(C2C(C#N)=C(N)Oc3c2c(C(F)(F)F)nn3-c2ccccc2)cc1. The van der Waals surface area contributed by atoms with E-state index < -0.39 is 17.8 Å². The number of nitriles is 1. The van der Waals surface area contributed by atoms with Gasteiger partial charge in [-0.3, -0.25) is 0 Å². The Kier molecular flexibility index (Phi) is 4.31. The van der Waals surface area contributed by atoms with E-state index >= 15 is 0 Å². The van der Waals surface area contributed by atoms with E-state index in [1.165, 1.54) is 0 Å². The van der Waals surface area contributed by atoms with E-state index in [-0.39, 0.29) is 22.9 Å². The van der Waals surface area contributed by atoms with Gasteiger partial charge in [-0.25, -0.2) is 0 Å². The summed E-state index contributed by atoms with van der Waals surface area (Å²) in [5, 5.41) is 13.4. The molecular formula is C21H15F3N4O. The normalized spacial score (nSPS) is 16.2. The number of hydrogen-bond donors (Lipinski definition) is 1. The molecule has 2 heterocycles. The van der Waals surface area contributed by atoms with E-state index in [4.69, 9.17) is 10.5 Å². The number of nitrogens with two attached hydrogens (primary N) is 1. The number of rotatable bonds is 2. The van der Waals surface area contributed by atoms with Crippen LogP contribution in [0.5, 0.6) is 5.88 Å². The van der Waals surface area contributed by atoms with Gasteiger partial charge >= 0.3 is 6.18 Å². The molecule has 3 aromatic rings. The summed E-state index contributed by atoms with van der Waals surface area (Å²) >= 11 is 0. The zero-order valence-electron chi connectivity index (χ0n) is 15.2. The van der Waals surface area contributed by atoms with Gasteiger partial charge in [0.2, 0.25) is 11.8 Å². The zero-order chi connectivity index (χ0) is 20.8. The maximum Gasteiger partial charge on any atom is 0.435 e. The van der Waals surface area contributed by atoms with E-state index in [0.717, 1.165) is 10.2 Å². The van der Waals surface area contributed by atoms with Crippen LogP contribution in [0, 0.1) is 18.3 Å². The molecule has 0 bridgehead atoms. The van der Waals surface area contributed by atoms with Crippen LogP contribution in [0.3, 0.4) is 0 Å². The molecule has 2 N–H and O–H groups in total. The van der Waals surface area contributed by atoms with E-state index in [0.29, 0.717) is 11.3 Å². The summed E-state index contributed by atoms with van der Waals surface area (Å²) in [5.41, 5.74) is 6.34. The molecule has 29 heavy (non-hydrogen) atoms. The average molecular weight is 396 g/mol. The Labute approximate surface area is 164 Å². The Morgan fingerprint density at radius 2 is 1.76 bits per heavy atom. The van der Waals surface area contributed by atoms with Crippen LogP contribution in [0.15, 0.2) is 66.1 Å². The van der Waals surface area contributed by atoms with Crippen molar-refractivity contribution in [3.63, 3.8) is 0 Å². The van der Waals surface area contributed by atoms with Crippen molar-refractivity contribution in [3.05, 3.63) is 88.4 Å². The predicted octanol–water partition coefficient (Wildman–Crippen LogP) is 4.42. The quantitative estimate of drug-likeness (QED) is 0.696. The van der Waals surface area contributed by atoms with Gasteiger partial charge in [-0.15, -0.1) is 0 Å². The summed E-state index contributed by atoms with van der Waals surface area (Å²) in [6, 6.07) is 17.1. The summed E-state index contributed by atoms with van der Waals surface area (Å²) in [6.45, 7) is 1.86. The summed E-state index contributed by atoms with van der Waals surface area (Å²) in [6.07, 6.45) is -4.75. The molecule has 5 nitrogen and oxygen atoms in total. The minimum Gasteiger partial charge on any atom is -0.422 e. The van der Waals surface area contributed by atoms with Gasteiger partial charge in [0, 0.05) is 0 Å². The number of allylic oxidation sites excluding steroid dienone is 1. The van der Waals surface area contributed by atoms with Crippen molar-refractivity contribution in [1.82, 2.24) is 9.78 Å². The van der Waals surface area contributed by atoms with Crippen LogP contribution in [0.25, 0.3) is 5.69 Å². The summed E-state index contributed by atoms with van der Waals surface area (Å²) in [5.74, 6) is -1.43. The van der Waals surface area contributed by atoms with Gasteiger partial charge in [0.25, 0.3) is 0 Å². The van der Waals surface area contributed by atoms with Crippen LogP contribution >= 0.6 is 0 Å². The number of benzene rings is 2. The molecule has 4 rings (SSSR count). The third kappa shape index (κ3) is 3.10. The second kappa shape index (κ2) is 6.71. The Bertz CT molecular complexity index is 1140. The van der Waals surface area contributed by atoms with Crippen molar-refractivity contribution < 1.29 is 17.9 Å². The lowest BCUT2D eigenvalue weighted by atomic mass is 9.83. The fourth-order valence-electron chi connectivity index (χ4n) is 3.38. The van der Waals surface area contributed by atoms with Crippen molar-refractivity contribution >= 4 is 0 Å². The monoisotopic (exact) mass is 396 g/mol. The van der Waals surface area contributed by atoms with E-state index in [9.17, 15) is 18.4 Å². The first-order chi connectivity index (χ1) is 13.8. The highest BCUT2D eigenvalue weighted by atomic mass is 19.4. The van der Waals surface area contributed by atoms with Crippen molar-refractivity contribution in [1.29, 1.82) is 5.26 Å². The molecule has 1 atom stereocenters. The fraction of sp³-hybridized carbons (Fsp3) is 0.143. The van der Waals surface area contributed by atoms with Gasteiger partial charge in [-0.2, -0.15) is 28.2 Å². The molecule has 1 aliphatic rings. The number of aryl methyl sites for hydroxylation is 1. The Balaban J connectivity index is 2.04. The van der Waals surface area contributed by atoms with Crippen LogP contribution in [0.1, 0.15) is 28.3 Å². The fourth-order valence-corrected chi connectivity index (χ4v) is 3.38. The van der Waals surface area contributed by atoms with Crippen molar-refractivity contribution in [2.75, 3.05) is 0 Å². The number of para-hydroxylation sites is 1.